The molecule has 3 heterocycles. The topological polar surface area (TPSA) is 171 Å². The average Bonchev–Trinajstić information content (AvgIpc) is 2.97. The predicted octanol–water partition coefficient (Wildman–Crippen LogP) is -3.93. The van der Waals surface area contributed by atoms with E-state index in [1.165, 1.54) is 0 Å². The lowest BCUT2D eigenvalue weighted by molar-refractivity contribution is -0.341. The molecule has 10 atom stereocenters. The summed E-state index contributed by atoms with van der Waals surface area (Å²) in [5.41, 5.74) is 0. The van der Waals surface area contributed by atoms with Gasteiger partial charge in [0.05, 0.1) is 13.2 Å². The highest BCUT2D eigenvalue weighted by Gasteiger charge is 2.52. The maximum Gasteiger partial charge on any atom is 0.227 e. The standard InChI is InChI=1S/C14H23NO10/c1-4-15-7-9(19)12(6(3-17)24-13(7)22-4)25-14-11(21)10(20)8(18)5(2-16)23-14/h5-14,16-21H,2-3H2,1H3/t5?,6?,7-,8-,9?,10?,11-,12+,13-,14-/m0/s1. The van der Waals surface area contributed by atoms with Crippen molar-refractivity contribution in [1.29, 1.82) is 0 Å². The number of aliphatic imine (C=N–C) groups is 1. The number of hydrogen-bond acceptors (Lipinski definition) is 11. The van der Waals surface area contributed by atoms with Gasteiger partial charge >= 0.3 is 0 Å². The minimum atomic E-state index is -1.63. The zero-order valence-electron chi connectivity index (χ0n) is 13.5. The molecule has 0 radical (unpaired) electrons. The van der Waals surface area contributed by atoms with Crippen LogP contribution in [0.3, 0.4) is 0 Å². The van der Waals surface area contributed by atoms with Crippen LogP contribution in [0.1, 0.15) is 6.92 Å². The van der Waals surface area contributed by atoms with Crippen LogP contribution in [0.4, 0.5) is 0 Å². The number of aliphatic hydroxyl groups is 6. The van der Waals surface area contributed by atoms with Crippen molar-refractivity contribution in [3.8, 4) is 0 Å². The van der Waals surface area contributed by atoms with Crippen molar-refractivity contribution in [3.05, 3.63) is 0 Å². The zero-order chi connectivity index (χ0) is 18.3. The average molecular weight is 365 g/mol. The fourth-order valence-corrected chi connectivity index (χ4v) is 3.20. The van der Waals surface area contributed by atoms with Gasteiger partial charge in [-0.1, -0.05) is 0 Å². The maximum absolute atomic E-state index is 10.5. The van der Waals surface area contributed by atoms with Crippen LogP contribution in [0.5, 0.6) is 0 Å². The summed E-state index contributed by atoms with van der Waals surface area (Å²) in [4.78, 5) is 4.11. The molecule has 0 aromatic carbocycles. The smallest absolute Gasteiger partial charge is 0.227 e. The van der Waals surface area contributed by atoms with E-state index in [0.717, 1.165) is 0 Å². The Morgan fingerprint density at radius 3 is 2.24 bits per heavy atom. The monoisotopic (exact) mass is 365 g/mol. The Kier molecular flexibility index (Phi) is 5.58. The summed E-state index contributed by atoms with van der Waals surface area (Å²) in [6.07, 6.45) is -11.6. The quantitative estimate of drug-likeness (QED) is 0.289. The van der Waals surface area contributed by atoms with Gasteiger partial charge in [-0.15, -0.1) is 0 Å². The van der Waals surface area contributed by atoms with Crippen LogP contribution in [0, 0.1) is 0 Å². The highest BCUT2D eigenvalue weighted by atomic mass is 16.7. The molecule has 2 fully saturated rings. The van der Waals surface area contributed by atoms with E-state index in [0.29, 0.717) is 5.90 Å². The Morgan fingerprint density at radius 2 is 1.60 bits per heavy atom. The number of aliphatic hydroxyl groups excluding tert-OH is 6. The third-order valence-electron chi connectivity index (χ3n) is 4.58. The van der Waals surface area contributed by atoms with Gasteiger partial charge in [0.25, 0.3) is 0 Å². The SMILES string of the molecule is CC1=N[C@H]2C(O)[C@H](O[C@@H]3OC(CO)[C@H](O)C(O)[C@@H]3O)C(CO)O[C@@H]2O1. The van der Waals surface area contributed by atoms with Gasteiger partial charge < -0.3 is 49.6 Å². The van der Waals surface area contributed by atoms with Gasteiger partial charge in [0.2, 0.25) is 6.29 Å². The van der Waals surface area contributed by atoms with Crippen LogP contribution >= 0.6 is 0 Å². The second-order valence-corrected chi connectivity index (χ2v) is 6.27. The number of ether oxygens (including phenoxy) is 4. The maximum atomic E-state index is 10.5. The van der Waals surface area contributed by atoms with Crippen molar-refractivity contribution in [1.82, 2.24) is 0 Å². The molecule has 11 heteroatoms. The molecule has 6 N–H and O–H groups in total. The highest BCUT2D eigenvalue weighted by Crippen LogP contribution is 2.32. The van der Waals surface area contributed by atoms with E-state index in [-0.39, 0.29) is 0 Å². The van der Waals surface area contributed by atoms with Crippen LogP contribution in [0.2, 0.25) is 0 Å². The lowest BCUT2D eigenvalue weighted by atomic mass is 9.96. The van der Waals surface area contributed by atoms with E-state index in [9.17, 15) is 30.6 Å². The minimum absolute atomic E-state index is 0.319. The lowest BCUT2D eigenvalue weighted by Gasteiger charge is -2.44. The molecule has 3 rings (SSSR count). The van der Waals surface area contributed by atoms with E-state index in [1.54, 1.807) is 6.92 Å². The Hall–Kier alpha value is -0.890. The fourth-order valence-electron chi connectivity index (χ4n) is 3.20. The molecule has 0 saturated carbocycles. The molecular formula is C14H23NO10. The zero-order valence-corrected chi connectivity index (χ0v) is 13.5. The summed E-state index contributed by atoms with van der Waals surface area (Å²) >= 11 is 0. The first kappa shape index (κ1) is 18.9. The van der Waals surface area contributed by atoms with Gasteiger partial charge in [-0.3, -0.25) is 0 Å². The molecule has 4 unspecified atom stereocenters. The third kappa shape index (κ3) is 3.39. The first-order chi connectivity index (χ1) is 11.9. The molecule has 144 valence electrons. The summed E-state index contributed by atoms with van der Waals surface area (Å²) in [5.74, 6) is 0.319. The summed E-state index contributed by atoms with van der Waals surface area (Å²) in [5, 5.41) is 58.9. The van der Waals surface area contributed by atoms with E-state index >= 15 is 0 Å². The summed E-state index contributed by atoms with van der Waals surface area (Å²) in [7, 11) is 0. The molecular weight excluding hydrogens is 342 g/mol. The third-order valence-corrected chi connectivity index (χ3v) is 4.58. The van der Waals surface area contributed by atoms with Crippen molar-refractivity contribution in [2.24, 2.45) is 4.99 Å². The molecule has 0 amide bonds. The summed E-state index contributed by atoms with van der Waals surface area (Å²) in [6, 6.07) is -0.780. The van der Waals surface area contributed by atoms with Gasteiger partial charge in [0, 0.05) is 6.92 Å². The number of fused-ring (bicyclic) bond motifs is 1. The van der Waals surface area contributed by atoms with Crippen molar-refractivity contribution in [2.45, 2.75) is 68.3 Å². The Bertz CT molecular complexity index is 502. The van der Waals surface area contributed by atoms with E-state index < -0.39 is 74.6 Å². The summed E-state index contributed by atoms with van der Waals surface area (Å²) < 4.78 is 21.6. The van der Waals surface area contributed by atoms with E-state index in [2.05, 4.69) is 4.99 Å². The van der Waals surface area contributed by atoms with Crippen LogP contribution in [0.15, 0.2) is 4.99 Å². The first-order valence-electron chi connectivity index (χ1n) is 7.98. The largest absolute Gasteiger partial charge is 0.450 e. The Labute approximate surface area is 143 Å². The molecule has 0 aromatic heterocycles. The Balaban J connectivity index is 1.75. The second-order valence-electron chi connectivity index (χ2n) is 6.27. The van der Waals surface area contributed by atoms with Crippen molar-refractivity contribution < 1.29 is 49.6 Å². The van der Waals surface area contributed by atoms with Gasteiger partial charge in [0.15, 0.2) is 12.2 Å². The second kappa shape index (κ2) is 7.39. The van der Waals surface area contributed by atoms with Crippen LogP contribution < -0.4 is 0 Å². The summed E-state index contributed by atoms with van der Waals surface area (Å²) in [6.45, 7) is 0.473. The van der Waals surface area contributed by atoms with E-state index in [1.807, 2.05) is 0 Å². The first-order valence-corrected chi connectivity index (χ1v) is 7.98. The van der Waals surface area contributed by atoms with Crippen molar-refractivity contribution in [2.75, 3.05) is 13.2 Å². The van der Waals surface area contributed by atoms with Crippen LogP contribution in [-0.2, 0) is 18.9 Å². The number of hydrogen-bond donors (Lipinski definition) is 6. The van der Waals surface area contributed by atoms with Crippen LogP contribution in [0.25, 0.3) is 0 Å². The molecule has 2 saturated heterocycles. The minimum Gasteiger partial charge on any atom is -0.450 e. The van der Waals surface area contributed by atoms with Crippen LogP contribution in [-0.4, -0.2) is 111 Å². The lowest BCUT2D eigenvalue weighted by Crippen LogP contribution is -2.63. The molecule has 3 aliphatic heterocycles. The fraction of sp³-hybridized carbons (Fsp3) is 0.929. The molecule has 0 bridgehead atoms. The predicted molar refractivity (Wildman–Crippen MR) is 78.4 cm³/mol. The number of nitrogens with zero attached hydrogens (tertiary/aromatic N) is 1. The van der Waals surface area contributed by atoms with Gasteiger partial charge in [-0.05, 0) is 0 Å². The molecule has 3 aliphatic rings. The highest BCUT2D eigenvalue weighted by molar-refractivity contribution is 5.75. The molecule has 25 heavy (non-hydrogen) atoms. The van der Waals surface area contributed by atoms with Crippen molar-refractivity contribution >= 4 is 5.90 Å². The van der Waals surface area contributed by atoms with E-state index in [4.69, 9.17) is 18.9 Å². The normalized spacial score (nSPS) is 50.1. The Morgan fingerprint density at radius 1 is 0.920 bits per heavy atom. The molecule has 11 nitrogen and oxygen atoms in total. The molecule has 0 aromatic rings. The van der Waals surface area contributed by atoms with Gasteiger partial charge in [-0.2, -0.15) is 0 Å². The number of rotatable bonds is 4. The van der Waals surface area contributed by atoms with Crippen molar-refractivity contribution in [3.63, 3.8) is 0 Å². The van der Waals surface area contributed by atoms with Gasteiger partial charge in [-0.25, -0.2) is 4.99 Å². The molecule has 0 spiro atoms. The van der Waals surface area contributed by atoms with Gasteiger partial charge in [0.1, 0.15) is 48.8 Å². The molecule has 0 aliphatic carbocycles.